The summed E-state index contributed by atoms with van der Waals surface area (Å²) in [4.78, 5) is 6.83. The van der Waals surface area contributed by atoms with Crippen LogP contribution in [0.3, 0.4) is 0 Å². The molecular formula is C11H13F3N6. The molecular weight excluding hydrogens is 273 g/mol. The van der Waals surface area contributed by atoms with Gasteiger partial charge in [0.15, 0.2) is 0 Å². The molecule has 0 fully saturated rings. The predicted molar refractivity (Wildman–Crippen MR) is 67.3 cm³/mol. The number of rotatable bonds is 5. The van der Waals surface area contributed by atoms with Crippen molar-refractivity contribution in [2.75, 3.05) is 24.2 Å². The monoisotopic (exact) mass is 286 g/mol. The van der Waals surface area contributed by atoms with Gasteiger partial charge in [-0.25, -0.2) is 9.97 Å². The van der Waals surface area contributed by atoms with E-state index in [1.807, 2.05) is 0 Å². The van der Waals surface area contributed by atoms with Crippen LogP contribution in [-0.4, -0.2) is 33.3 Å². The molecule has 9 heteroatoms. The summed E-state index contributed by atoms with van der Waals surface area (Å²) < 4.78 is 39.6. The van der Waals surface area contributed by atoms with Gasteiger partial charge in [-0.05, 0) is 6.07 Å². The summed E-state index contributed by atoms with van der Waals surface area (Å²) in [6, 6.07) is 3.18. The first-order chi connectivity index (χ1) is 9.49. The van der Waals surface area contributed by atoms with Crippen LogP contribution in [0.15, 0.2) is 24.5 Å². The fourth-order valence-electron chi connectivity index (χ4n) is 1.52. The summed E-state index contributed by atoms with van der Waals surface area (Å²) >= 11 is 0. The zero-order chi connectivity index (χ0) is 14.6. The van der Waals surface area contributed by atoms with Gasteiger partial charge >= 0.3 is 6.18 Å². The highest BCUT2D eigenvalue weighted by molar-refractivity contribution is 5.47. The first-order valence-electron chi connectivity index (χ1n) is 5.84. The Hall–Kier alpha value is -2.32. The van der Waals surface area contributed by atoms with Crippen LogP contribution in [0.2, 0.25) is 0 Å². The molecule has 0 saturated heterocycles. The average molecular weight is 286 g/mol. The molecule has 0 aliphatic carbocycles. The lowest BCUT2D eigenvalue weighted by molar-refractivity contribution is -0.144. The maximum Gasteiger partial charge on any atom is 0.451 e. The largest absolute Gasteiger partial charge is 0.451 e. The number of hydrogen-bond donors (Lipinski definition) is 2. The minimum Gasteiger partial charge on any atom is -0.373 e. The van der Waals surface area contributed by atoms with E-state index in [2.05, 4.69) is 25.7 Å². The van der Waals surface area contributed by atoms with Gasteiger partial charge in [0, 0.05) is 32.1 Å². The zero-order valence-electron chi connectivity index (χ0n) is 10.6. The van der Waals surface area contributed by atoms with E-state index in [1.165, 1.54) is 13.1 Å². The molecule has 0 amide bonds. The van der Waals surface area contributed by atoms with E-state index in [4.69, 9.17) is 0 Å². The molecule has 108 valence electrons. The smallest absolute Gasteiger partial charge is 0.373 e. The number of hydrogen-bond acceptors (Lipinski definition) is 5. The Balaban J connectivity index is 2.06. The van der Waals surface area contributed by atoms with Gasteiger partial charge < -0.3 is 10.6 Å². The minimum atomic E-state index is -4.58. The van der Waals surface area contributed by atoms with Crippen molar-refractivity contribution in [2.24, 2.45) is 0 Å². The van der Waals surface area contributed by atoms with Crippen molar-refractivity contribution in [3.8, 4) is 0 Å². The molecule has 0 spiro atoms. The lowest BCUT2D eigenvalue weighted by atomic mass is 10.4. The van der Waals surface area contributed by atoms with E-state index in [0.29, 0.717) is 13.1 Å². The van der Waals surface area contributed by atoms with Crippen LogP contribution >= 0.6 is 0 Å². The Kier molecular flexibility index (Phi) is 4.06. The van der Waals surface area contributed by atoms with Gasteiger partial charge in [-0.15, -0.1) is 0 Å². The molecule has 2 aromatic heterocycles. The summed E-state index contributed by atoms with van der Waals surface area (Å²) in [5.74, 6) is -0.955. The summed E-state index contributed by atoms with van der Waals surface area (Å²) in [6.45, 7) is 0.923. The van der Waals surface area contributed by atoms with E-state index in [-0.39, 0.29) is 11.6 Å². The van der Waals surface area contributed by atoms with E-state index in [0.717, 1.165) is 0 Å². The summed E-state index contributed by atoms with van der Waals surface area (Å²) in [5, 5.41) is 9.38. The minimum absolute atomic E-state index is 0.105. The maximum absolute atomic E-state index is 12.6. The van der Waals surface area contributed by atoms with Gasteiger partial charge in [-0.2, -0.15) is 18.3 Å². The Bertz CT molecular complexity index is 552. The molecule has 0 unspecified atom stereocenters. The molecule has 0 radical (unpaired) electrons. The summed E-state index contributed by atoms with van der Waals surface area (Å²) in [6.07, 6.45) is -1.18. The topological polar surface area (TPSA) is 67.7 Å². The fraction of sp³-hybridized carbons (Fsp3) is 0.364. The van der Waals surface area contributed by atoms with Crippen LogP contribution in [0.4, 0.5) is 24.8 Å². The van der Waals surface area contributed by atoms with Crippen molar-refractivity contribution in [3.05, 3.63) is 30.4 Å². The summed E-state index contributed by atoms with van der Waals surface area (Å²) in [5.41, 5.74) is 0. The van der Waals surface area contributed by atoms with Crippen molar-refractivity contribution in [1.29, 1.82) is 0 Å². The quantitative estimate of drug-likeness (QED) is 0.878. The van der Waals surface area contributed by atoms with Crippen LogP contribution in [0.25, 0.3) is 0 Å². The van der Waals surface area contributed by atoms with Crippen molar-refractivity contribution >= 4 is 11.6 Å². The van der Waals surface area contributed by atoms with Gasteiger partial charge in [0.2, 0.25) is 5.82 Å². The molecule has 2 N–H and O–H groups in total. The third-order valence-electron chi connectivity index (χ3n) is 2.44. The highest BCUT2D eigenvalue weighted by Gasteiger charge is 2.35. The SMILES string of the molecule is CNc1cc(NCCn2cccn2)nc(C(F)(F)F)n1. The van der Waals surface area contributed by atoms with E-state index in [9.17, 15) is 13.2 Å². The molecule has 2 rings (SSSR count). The molecule has 0 aliphatic heterocycles. The molecule has 6 nitrogen and oxygen atoms in total. The van der Waals surface area contributed by atoms with Crippen molar-refractivity contribution in [1.82, 2.24) is 19.7 Å². The number of aromatic nitrogens is 4. The Morgan fingerprint density at radius 1 is 1.25 bits per heavy atom. The molecule has 0 aromatic carbocycles. The highest BCUT2D eigenvalue weighted by Crippen LogP contribution is 2.28. The summed E-state index contributed by atoms with van der Waals surface area (Å²) in [7, 11) is 1.50. The number of nitrogens with zero attached hydrogens (tertiary/aromatic N) is 4. The van der Waals surface area contributed by atoms with Crippen molar-refractivity contribution in [3.63, 3.8) is 0 Å². The Morgan fingerprint density at radius 2 is 2.00 bits per heavy atom. The van der Waals surface area contributed by atoms with Gasteiger partial charge in [0.1, 0.15) is 11.6 Å². The standard InChI is InChI=1S/C11H13F3N6/c1-15-8-7-9(19-10(18-8)11(12,13)14)16-4-6-20-5-2-3-17-20/h2-3,5,7H,4,6H2,1H3,(H2,15,16,18,19). The second-order valence-electron chi connectivity index (χ2n) is 3.91. The average Bonchev–Trinajstić information content (AvgIpc) is 2.90. The third kappa shape index (κ3) is 3.59. The van der Waals surface area contributed by atoms with E-state index in [1.54, 1.807) is 23.1 Å². The molecule has 2 aromatic rings. The second-order valence-corrected chi connectivity index (χ2v) is 3.91. The molecule has 0 bridgehead atoms. The van der Waals surface area contributed by atoms with E-state index >= 15 is 0 Å². The van der Waals surface area contributed by atoms with Crippen LogP contribution in [0, 0.1) is 0 Å². The number of halogens is 3. The molecule has 2 heterocycles. The molecule has 20 heavy (non-hydrogen) atoms. The first kappa shape index (κ1) is 14.1. The predicted octanol–water partition coefficient (Wildman–Crippen LogP) is 1.85. The number of anilines is 2. The van der Waals surface area contributed by atoms with E-state index < -0.39 is 12.0 Å². The zero-order valence-corrected chi connectivity index (χ0v) is 10.6. The number of nitrogens with one attached hydrogen (secondary N) is 2. The number of alkyl halides is 3. The van der Waals surface area contributed by atoms with Gasteiger partial charge in [-0.1, -0.05) is 0 Å². The lowest BCUT2D eigenvalue weighted by Crippen LogP contribution is -2.16. The van der Waals surface area contributed by atoms with Gasteiger partial charge in [0.25, 0.3) is 0 Å². The maximum atomic E-state index is 12.6. The van der Waals surface area contributed by atoms with Crippen LogP contribution < -0.4 is 10.6 Å². The normalized spacial score (nSPS) is 11.4. The first-order valence-corrected chi connectivity index (χ1v) is 5.84. The second kappa shape index (κ2) is 5.76. The van der Waals surface area contributed by atoms with Crippen molar-refractivity contribution < 1.29 is 13.2 Å². The van der Waals surface area contributed by atoms with Crippen LogP contribution in [0.1, 0.15) is 5.82 Å². The third-order valence-corrected chi connectivity index (χ3v) is 2.44. The lowest BCUT2D eigenvalue weighted by Gasteiger charge is -2.11. The molecule has 0 atom stereocenters. The van der Waals surface area contributed by atoms with Crippen LogP contribution in [0.5, 0.6) is 0 Å². The van der Waals surface area contributed by atoms with Gasteiger partial charge in [-0.3, -0.25) is 4.68 Å². The molecule has 0 saturated carbocycles. The molecule has 0 aliphatic rings. The highest BCUT2D eigenvalue weighted by atomic mass is 19.4. The fourth-order valence-corrected chi connectivity index (χ4v) is 1.52. The Labute approximate surface area is 113 Å². The van der Waals surface area contributed by atoms with Crippen LogP contribution in [-0.2, 0) is 12.7 Å². The van der Waals surface area contributed by atoms with Gasteiger partial charge in [0.05, 0.1) is 6.54 Å². The van der Waals surface area contributed by atoms with Crippen molar-refractivity contribution in [2.45, 2.75) is 12.7 Å². The Morgan fingerprint density at radius 3 is 2.60 bits per heavy atom.